The lowest BCUT2D eigenvalue weighted by molar-refractivity contribution is 0.191. The predicted molar refractivity (Wildman–Crippen MR) is 121 cm³/mol. The number of aryl methyl sites for hydroxylation is 2. The molecule has 6 nitrogen and oxygen atoms in total. The number of rotatable bonds is 4. The lowest BCUT2D eigenvalue weighted by Crippen LogP contribution is -2.49. The molecular formula is C24H32N6. The monoisotopic (exact) mass is 404 g/mol. The van der Waals surface area contributed by atoms with Crippen LogP contribution in [0.15, 0.2) is 48.5 Å². The van der Waals surface area contributed by atoms with Gasteiger partial charge in [0.15, 0.2) is 5.82 Å². The molecule has 1 fully saturated rings. The van der Waals surface area contributed by atoms with Crippen LogP contribution >= 0.6 is 0 Å². The fraction of sp³-hybridized carbons (Fsp3) is 0.458. The molecule has 30 heavy (non-hydrogen) atoms. The topological polar surface area (TPSA) is 50.1 Å². The van der Waals surface area contributed by atoms with E-state index in [4.69, 9.17) is 0 Å². The Morgan fingerprint density at radius 3 is 2.27 bits per heavy atom. The summed E-state index contributed by atoms with van der Waals surface area (Å²) in [6.45, 7) is 14.7. The minimum absolute atomic E-state index is 0.0428. The van der Waals surface area contributed by atoms with Gasteiger partial charge >= 0.3 is 0 Å². The number of tetrazole rings is 1. The highest BCUT2D eigenvalue weighted by Crippen LogP contribution is 2.31. The number of aromatic nitrogens is 4. The third-order valence-electron chi connectivity index (χ3n) is 5.87. The van der Waals surface area contributed by atoms with Crippen molar-refractivity contribution in [2.45, 2.75) is 46.2 Å². The maximum atomic E-state index is 4.48. The molecule has 2 heterocycles. The van der Waals surface area contributed by atoms with Crippen molar-refractivity contribution in [1.29, 1.82) is 0 Å². The van der Waals surface area contributed by atoms with Crippen molar-refractivity contribution in [3.63, 3.8) is 0 Å². The van der Waals surface area contributed by atoms with Gasteiger partial charge in [-0.3, -0.25) is 4.90 Å². The number of piperazine rings is 1. The second-order valence-electron chi connectivity index (χ2n) is 9.25. The van der Waals surface area contributed by atoms with Crippen molar-refractivity contribution in [2.75, 3.05) is 31.1 Å². The second kappa shape index (κ2) is 8.19. The molecule has 0 radical (unpaired) electrons. The Hall–Kier alpha value is -2.73. The normalized spacial score (nSPS) is 16.6. The molecule has 4 rings (SSSR count). The highest BCUT2D eigenvalue weighted by atomic mass is 15.6. The molecule has 0 N–H and O–H groups in total. The average molecular weight is 405 g/mol. The first kappa shape index (κ1) is 20.5. The van der Waals surface area contributed by atoms with Gasteiger partial charge in [0, 0.05) is 31.9 Å². The molecule has 0 spiro atoms. The van der Waals surface area contributed by atoms with E-state index in [1.807, 2.05) is 4.68 Å². The summed E-state index contributed by atoms with van der Waals surface area (Å²) in [7, 11) is 0. The summed E-state index contributed by atoms with van der Waals surface area (Å²) in [6, 6.07) is 17.4. The van der Waals surface area contributed by atoms with E-state index in [-0.39, 0.29) is 11.6 Å². The highest BCUT2D eigenvalue weighted by Gasteiger charge is 2.33. The average Bonchev–Trinajstić information content (AvgIpc) is 3.21. The standard InChI is InChI=1S/C24H32N6/c1-18-11-12-19(2)21(17-18)28-13-15-29(16-14-28)22(20-9-7-6-8-10-20)23-25-26-27-30(23)24(3,4)5/h6-12,17,22H,13-16H2,1-5H3. The zero-order chi connectivity index (χ0) is 21.3. The maximum Gasteiger partial charge on any atom is 0.173 e. The van der Waals surface area contributed by atoms with Crippen LogP contribution in [0.2, 0.25) is 0 Å². The van der Waals surface area contributed by atoms with Crippen LogP contribution in [-0.4, -0.2) is 51.3 Å². The Balaban J connectivity index is 1.63. The molecule has 0 aliphatic carbocycles. The first-order valence-corrected chi connectivity index (χ1v) is 10.7. The molecule has 3 aromatic rings. The van der Waals surface area contributed by atoms with Crippen LogP contribution in [0.25, 0.3) is 0 Å². The van der Waals surface area contributed by atoms with Crippen molar-refractivity contribution < 1.29 is 0 Å². The van der Waals surface area contributed by atoms with Gasteiger partial charge in [0.05, 0.1) is 11.6 Å². The maximum absolute atomic E-state index is 4.48. The van der Waals surface area contributed by atoms with E-state index in [2.05, 4.69) is 108 Å². The number of nitrogens with zero attached hydrogens (tertiary/aromatic N) is 6. The van der Waals surface area contributed by atoms with Crippen molar-refractivity contribution in [2.24, 2.45) is 0 Å². The Morgan fingerprint density at radius 1 is 0.900 bits per heavy atom. The smallest absolute Gasteiger partial charge is 0.173 e. The van der Waals surface area contributed by atoms with Crippen LogP contribution in [0.5, 0.6) is 0 Å². The fourth-order valence-corrected chi connectivity index (χ4v) is 4.28. The van der Waals surface area contributed by atoms with Crippen molar-refractivity contribution in [1.82, 2.24) is 25.1 Å². The van der Waals surface area contributed by atoms with Crippen molar-refractivity contribution in [3.8, 4) is 0 Å². The van der Waals surface area contributed by atoms with E-state index in [0.29, 0.717) is 0 Å². The Bertz CT molecular complexity index is 980. The highest BCUT2D eigenvalue weighted by molar-refractivity contribution is 5.55. The summed E-state index contributed by atoms with van der Waals surface area (Å²) >= 11 is 0. The van der Waals surface area contributed by atoms with Gasteiger partial charge in [0.2, 0.25) is 0 Å². The van der Waals surface area contributed by atoms with Gasteiger partial charge in [-0.15, -0.1) is 5.10 Å². The summed E-state index contributed by atoms with van der Waals surface area (Å²) in [6.07, 6.45) is 0. The van der Waals surface area contributed by atoms with E-state index in [9.17, 15) is 0 Å². The minimum atomic E-state index is -0.174. The number of hydrogen-bond acceptors (Lipinski definition) is 5. The molecule has 1 saturated heterocycles. The minimum Gasteiger partial charge on any atom is -0.369 e. The van der Waals surface area contributed by atoms with Gasteiger partial charge in [0.1, 0.15) is 0 Å². The van der Waals surface area contributed by atoms with E-state index in [0.717, 1.165) is 32.0 Å². The molecule has 1 atom stereocenters. The first-order chi connectivity index (χ1) is 14.3. The summed E-state index contributed by atoms with van der Waals surface area (Å²) in [4.78, 5) is 5.03. The van der Waals surface area contributed by atoms with Crippen LogP contribution in [0.4, 0.5) is 5.69 Å². The van der Waals surface area contributed by atoms with Gasteiger partial charge in [0.25, 0.3) is 0 Å². The third-order valence-corrected chi connectivity index (χ3v) is 5.87. The number of anilines is 1. The van der Waals surface area contributed by atoms with Gasteiger partial charge < -0.3 is 4.90 Å². The summed E-state index contributed by atoms with van der Waals surface area (Å²) in [5.74, 6) is 0.911. The quantitative estimate of drug-likeness (QED) is 0.659. The second-order valence-corrected chi connectivity index (χ2v) is 9.25. The molecule has 158 valence electrons. The van der Waals surface area contributed by atoms with Crippen molar-refractivity contribution in [3.05, 3.63) is 71.0 Å². The fourth-order valence-electron chi connectivity index (χ4n) is 4.28. The molecule has 1 unspecified atom stereocenters. The van der Waals surface area contributed by atoms with Crippen molar-refractivity contribution >= 4 is 5.69 Å². The van der Waals surface area contributed by atoms with E-state index >= 15 is 0 Å². The van der Waals surface area contributed by atoms with Crippen LogP contribution in [0.3, 0.4) is 0 Å². The van der Waals surface area contributed by atoms with Crippen LogP contribution in [0, 0.1) is 13.8 Å². The molecule has 0 bridgehead atoms. The summed E-state index contributed by atoms with van der Waals surface area (Å²) < 4.78 is 1.97. The summed E-state index contributed by atoms with van der Waals surface area (Å²) in [5.41, 5.74) is 5.06. The van der Waals surface area contributed by atoms with Crippen LogP contribution in [0.1, 0.15) is 49.3 Å². The Kier molecular flexibility index (Phi) is 5.60. The molecule has 0 saturated carbocycles. The SMILES string of the molecule is Cc1ccc(C)c(N2CCN(C(c3ccccc3)c3nnnn3C(C)(C)C)CC2)c1. The van der Waals surface area contributed by atoms with Crippen LogP contribution < -0.4 is 4.90 Å². The molecule has 6 heteroatoms. The van der Waals surface area contributed by atoms with Gasteiger partial charge in [-0.05, 0) is 67.8 Å². The number of benzene rings is 2. The molecule has 1 aliphatic heterocycles. The van der Waals surface area contributed by atoms with E-state index in [1.54, 1.807) is 0 Å². The van der Waals surface area contributed by atoms with Gasteiger partial charge in [-0.25, -0.2) is 4.68 Å². The number of hydrogen-bond donors (Lipinski definition) is 0. The molecule has 0 amide bonds. The van der Waals surface area contributed by atoms with E-state index in [1.165, 1.54) is 22.4 Å². The first-order valence-electron chi connectivity index (χ1n) is 10.7. The third kappa shape index (κ3) is 4.10. The molecule has 1 aromatic heterocycles. The molecule has 2 aromatic carbocycles. The lowest BCUT2D eigenvalue weighted by Gasteiger charge is -2.41. The Labute approximate surface area is 179 Å². The predicted octanol–water partition coefficient (Wildman–Crippen LogP) is 3.96. The lowest BCUT2D eigenvalue weighted by atomic mass is 10.0. The zero-order valence-electron chi connectivity index (χ0n) is 18.7. The van der Waals surface area contributed by atoms with Crippen LogP contribution in [-0.2, 0) is 5.54 Å². The zero-order valence-corrected chi connectivity index (χ0v) is 18.7. The van der Waals surface area contributed by atoms with Gasteiger partial charge in [-0.2, -0.15) is 0 Å². The van der Waals surface area contributed by atoms with Gasteiger partial charge in [-0.1, -0.05) is 42.5 Å². The van der Waals surface area contributed by atoms with E-state index < -0.39 is 0 Å². The molecular weight excluding hydrogens is 372 g/mol. The summed E-state index contributed by atoms with van der Waals surface area (Å²) in [5, 5.41) is 12.9. The molecule has 1 aliphatic rings. The largest absolute Gasteiger partial charge is 0.369 e. The Morgan fingerprint density at radius 2 is 1.60 bits per heavy atom.